The summed E-state index contributed by atoms with van der Waals surface area (Å²) in [5.41, 5.74) is 3.78. The quantitative estimate of drug-likeness (QED) is 0.782. The second kappa shape index (κ2) is 7.51. The minimum absolute atomic E-state index is 0.0412. The molecule has 1 aliphatic rings. The molecule has 136 valence electrons. The fraction of sp³-hybridized carbons (Fsp3) is 0.571. The number of ether oxygens (including phenoxy) is 1. The highest BCUT2D eigenvalue weighted by molar-refractivity contribution is 5.97. The predicted octanol–water partition coefficient (Wildman–Crippen LogP) is 4.35. The van der Waals surface area contributed by atoms with Crippen LogP contribution in [0.1, 0.15) is 57.2 Å². The lowest BCUT2D eigenvalue weighted by Crippen LogP contribution is -2.36. The molecule has 1 amide bonds. The molecule has 25 heavy (non-hydrogen) atoms. The molecule has 1 aliphatic carbocycles. The third-order valence-electron chi connectivity index (χ3n) is 5.50. The Balaban J connectivity index is 2.23. The normalized spacial score (nSPS) is 16.7. The van der Waals surface area contributed by atoms with Gasteiger partial charge in [-0.2, -0.15) is 0 Å². The molecule has 0 spiro atoms. The third-order valence-corrected chi connectivity index (χ3v) is 5.50. The molecule has 1 atom stereocenters. The number of hydrogen-bond acceptors (Lipinski definition) is 2. The Labute approximate surface area is 150 Å². The minimum Gasteiger partial charge on any atom is -0.496 e. The van der Waals surface area contributed by atoms with Gasteiger partial charge in [-0.25, -0.2) is 0 Å². The van der Waals surface area contributed by atoms with Crippen LogP contribution in [-0.2, 0) is 17.8 Å². The lowest BCUT2D eigenvalue weighted by Gasteiger charge is -2.29. The monoisotopic (exact) mass is 342 g/mol. The van der Waals surface area contributed by atoms with Crippen molar-refractivity contribution in [2.45, 2.75) is 58.9 Å². The van der Waals surface area contributed by atoms with E-state index in [0.29, 0.717) is 0 Å². The summed E-state index contributed by atoms with van der Waals surface area (Å²) in [6.07, 6.45) is 4.15. The predicted molar refractivity (Wildman–Crippen MR) is 102 cm³/mol. The summed E-state index contributed by atoms with van der Waals surface area (Å²) in [6, 6.07) is 6.25. The summed E-state index contributed by atoms with van der Waals surface area (Å²) in [6.45, 7) is 8.86. The summed E-state index contributed by atoms with van der Waals surface area (Å²) in [5.74, 6) is 1.12. The van der Waals surface area contributed by atoms with Crippen molar-refractivity contribution in [3.63, 3.8) is 0 Å². The number of hydrogen-bond donors (Lipinski definition) is 0. The summed E-state index contributed by atoms with van der Waals surface area (Å²) < 4.78 is 8.11. The van der Waals surface area contributed by atoms with Gasteiger partial charge < -0.3 is 14.2 Å². The average molecular weight is 342 g/mol. The summed E-state index contributed by atoms with van der Waals surface area (Å²) in [7, 11) is 1.72. The van der Waals surface area contributed by atoms with E-state index in [1.54, 1.807) is 7.11 Å². The van der Waals surface area contributed by atoms with Crippen LogP contribution in [0.25, 0.3) is 10.9 Å². The highest BCUT2D eigenvalue weighted by Crippen LogP contribution is 2.43. The molecule has 0 fully saturated rings. The maximum atomic E-state index is 13.2. The smallest absolute Gasteiger partial charge is 0.230 e. The van der Waals surface area contributed by atoms with Gasteiger partial charge in [-0.05, 0) is 57.2 Å². The van der Waals surface area contributed by atoms with E-state index >= 15 is 0 Å². The van der Waals surface area contributed by atoms with Crippen molar-refractivity contribution in [1.29, 1.82) is 0 Å². The third kappa shape index (κ3) is 2.92. The molecule has 0 aliphatic heterocycles. The molecule has 4 heteroatoms. The molecule has 0 N–H and O–H groups in total. The van der Waals surface area contributed by atoms with Gasteiger partial charge in [-0.15, -0.1) is 0 Å². The number of fused-ring (bicyclic) bond motifs is 3. The van der Waals surface area contributed by atoms with E-state index in [9.17, 15) is 4.79 Å². The molecule has 1 unspecified atom stereocenters. The molecule has 0 saturated heterocycles. The Hall–Kier alpha value is -1.97. The number of aryl methyl sites for hydroxylation is 1. The van der Waals surface area contributed by atoms with Crippen LogP contribution in [-0.4, -0.2) is 35.6 Å². The Morgan fingerprint density at radius 1 is 1.28 bits per heavy atom. The van der Waals surface area contributed by atoms with Gasteiger partial charge in [-0.3, -0.25) is 4.79 Å². The van der Waals surface area contributed by atoms with Crippen molar-refractivity contribution in [1.82, 2.24) is 9.47 Å². The molecule has 0 saturated carbocycles. The Morgan fingerprint density at radius 3 is 2.68 bits per heavy atom. The van der Waals surface area contributed by atoms with Crippen LogP contribution in [0, 0.1) is 0 Å². The number of likely N-dealkylation sites (N-methyl/N-ethyl adjacent to an activating group) is 1. The molecular weight excluding hydrogens is 312 g/mol. The van der Waals surface area contributed by atoms with Crippen LogP contribution in [0.15, 0.2) is 18.2 Å². The molecule has 1 heterocycles. The summed E-state index contributed by atoms with van der Waals surface area (Å²) >= 11 is 0. The fourth-order valence-electron chi connectivity index (χ4n) is 4.36. The zero-order valence-corrected chi connectivity index (χ0v) is 16.0. The van der Waals surface area contributed by atoms with E-state index in [-0.39, 0.29) is 11.8 Å². The standard InChI is InChI=1S/C21H30N2O2/c1-5-14-23-16-11-8-10-15(21(24)22(6-2)7-3)19(16)20-17(23)12-9-13-18(20)25-4/h9,12-13,15H,5-8,10-11,14H2,1-4H3. The molecular formula is C21H30N2O2. The van der Waals surface area contributed by atoms with Crippen LogP contribution in [0.5, 0.6) is 5.75 Å². The van der Waals surface area contributed by atoms with E-state index in [1.165, 1.54) is 16.8 Å². The van der Waals surface area contributed by atoms with Crippen LogP contribution in [0.4, 0.5) is 0 Å². The average Bonchev–Trinajstić information content (AvgIpc) is 2.97. The van der Waals surface area contributed by atoms with Crippen molar-refractivity contribution in [2.75, 3.05) is 20.2 Å². The number of carbonyl (C=O) groups is 1. The first kappa shape index (κ1) is 17.8. The van der Waals surface area contributed by atoms with Crippen LogP contribution in [0.3, 0.4) is 0 Å². The number of nitrogens with zero attached hydrogens (tertiary/aromatic N) is 2. The molecule has 3 rings (SSSR count). The van der Waals surface area contributed by atoms with Gasteiger partial charge in [0.1, 0.15) is 5.75 Å². The van der Waals surface area contributed by atoms with Crippen molar-refractivity contribution >= 4 is 16.8 Å². The Morgan fingerprint density at radius 2 is 2.04 bits per heavy atom. The van der Waals surface area contributed by atoms with E-state index in [0.717, 1.165) is 56.5 Å². The van der Waals surface area contributed by atoms with Crippen LogP contribution < -0.4 is 4.74 Å². The maximum Gasteiger partial charge on any atom is 0.230 e. The van der Waals surface area contributed by atoms with E-state index in [2.05, 4.69) is 37.5 Å². The zero-order chi connectivity index (χ0) is 18.0. The summed E-state index contributed by atoms with van der Waals surface area (Å²) in [5, 5.41) is 1.15. The van der Waals surface area contributed by atoms with Crippen LogP contribution >= 0.6 is 0 Å². The van der Waals surface area contributed by atoms with Gasteiger partial charge >= 0.3 is 0 Å². The lowest BCUT2D eigenvalue weighted by molar-refractivity contribution is -0.132. The van der Waals surface area contributed by atoms with Crippen molar-refractivity contribution in [3.8, 4) is 5.75 Å². The van der Waals surface area contributed by atoms with E-state index in [1.807, 2.05) is 11.0 Å². The first-order chi connectivity index (χ1) is 12.2. The van der Waals surface area contributed by atoms with Crippen LogP contribution in [0.2, 0.25) is 0 Å². The number of rotatable bonds is 6. The van der Waals surface area contributed by atoms with Crippen molar-refractivity contribution in [2.24, 2.45) is 0 Å². The largest absolute Gasteiger partial charge is 0.496 e. The first-order valence-corrected chi connectivity index (χ1v) is 9.64. The van der Waals surface area contributed by atoms with Gasteiger partial charge in [0.15, 0.2) is 0 Å². The maximum absolute atomic E-state index is 13.2. The number of amides is 1. The van der Waals surface area contributed by atoms with E-state index < -0.39 is 0 Å². The first-order valence-electron chi connectivity index (χ1n) is 9.64. The minimum atomic E-state index is -0.0412. The van der Waals surface area contributed by atoms with Crippen molar-refractivity contribution in [3.05, 3.63) is 29.5 Å². The molecule has 4 nitrogen and oxygen atoms in total. The molecule has 2 aromatic rings. The molecule has 1 aromatic heterocycles. The van der Waals surface area contributed by atoms with Crippen molar-refractivity contribution < 1.29 is 9.53 Å². The van der Waals surface area contributed by atoms with Gasteiger partial charge in [0.2, 0.25) is 5.91 Å². The number of aromatic nitrogens is 1. The molecule has 0 bridgehead atoms. The topological polar surface area (TPSA) is 34.5 Å². The Kier molecular flexibility index (Phi) is 5.36. The highest BCUT2D eigenvalue weighted by Gasteiger charge is 2.34. The Bertz CT molecular complexity index is 759. The molecule has 0 radical (unpaired) electrons. The number of carbonyl (C=O) groups excluding carboxylic acids is 1. The lowest BCUT2D eigenvalue weighted by atomic mass is 9.84. The highest BCUT2D eigenvalue weighted by atomic mass is 16.5. The van der Waals surface area contributed by atoms with Gasteiger partial charge in [0.05, 0.1) is 18.5 Å². The second-order valence-electron chi connectivity index (χ2n) is 6.82. The van der Waals surface area contributed by atoms with Gasteiger partial charge in [0.25, 0.3) is 0 Å². The molecule has 1 aromatic carbocycles. The fourth-order valence-corrected chi connectivity index (χ4v) is 4.36. The van der Waals surface area contributed by atoms with E-state index in [4.69, 9.17) is 4.74 Å². The SMILES string of the molecule is CCCn1c2c(c3c(OC)cccc31)C(C(=O)N(CC)CC)CCC2. The zero-order valence-electron chi connectivity index (χ0n) is 16.0. The second-order valence-corrected chi connectivity index (χ2v) is 6.82. The summed E-state index contributed by atoms with van der Waals surface area (Å²) in [4.78, 5) is 15.2. The van der Waals surface area contributed by atoms with Gasteiger partial charge in [0, 0.05) is 30.7 Å². The number of benzene rings is 1. The van der Waals surface area contributed by atoms with Gasteiger partial charge in [-0.1, -0.05) is 13.0 Å². The number of methoxy groups -OCH3 is 1.